The Morgan fingerprint density at radius 2 is 1.67 bits per heavy atom. The summed E-state index contributed by atoms with van der Waals surface area (Å²) in [6, 6.07) is 12.9. The minimum atomic E-state index is -0.168. The lowest BCUT2D eigenvalue weighted by molar-refractivity contribution is -0.119. The molecule has 2 aromatic carbocycles. The maximum absolute atomic E-state index is 11.4. The van der Waals surface area contributed by atoms with Gasteiger partial charge in [0.25, 0.3) is 0 Å². The third-order valence-electron chi connectivity index (χ3n) is 3.09. The number of carbonyl (C=O) groups is 1. The Bertz CT molecular complexity index is 643. The van der Waals surface area contributed by atoms with Crippen LogP contribution in [0.1, 0.15) is 24.1 Å². The molecule has 1 unspecified atom stereocenters. The van der Waals surface area contributed by atoms with Gasteiger partial charge in [-0.2, -0.15) is 0 Å². The first-order valence-electron chi connectivity index (χ1n) is 6.43. The average Bonchev–Trinajstić information content (AvgIpc) is 2.44. The molecule has 1 amide bonds. The molecule has 0 saturated heterocycles. The zero-order valence-electron chi connectivity index (χ0n) is 11.4. The SMILES string of the molecule is CC(=O)NC(Cc1cc(Cl)c(Cl)cc1Cl)c1ccccc1. The van der Waals surface area contributed by atoms with Crippen molar-refractivity contribution in [2.45, 2.75) is 19.4 Å². The van der Waals surface area contributed by atoms with Gasteiger partial charge in [-0.15, -0.1) is 0 Å². The van der Waals surface area contributed by atoms with E-state index >= 15 is 0 Å². The molecule has 5 heteroatoms. The van der Waals surface area contributed by atoms with Crippen molar-refractivity contribution in [3.05, 3.63) is 68.7 Å². The van der Waals surface area contributed by atoms with E-state index in [1.165, 1.54) is 6.92 Å². The van der Waals surface area contributed by atoms with Crippen LogP contribution in [0.5, 0.6) is 0 Å². The highest BCUT2D eigenvalue weighted by atomic mass is 35.5. The predicted molar refractivity (Wildman–Crippen MR) is 88.2 cm³/mol. The minimum absolute atomic E-state index is 0.0972. The first kappa shape index (κ1) is 16.2. The van der Waals surface area contributed by atoms with E-state index < -0.39 is 0 Å². The number of nitrogens with one attached hydrogen (secondary N) is 1. The standard InChI is InChI=1S/C16H14Cl3NO/c1-10(21)20-16(11-5-3-2-4-6-11)8-12-7-14(18)15(19)9-13(12)17/h2-7,9,16H,8H2,1H3,(H,20,21). The predicted octanol–water partition coefficient (Wildman–Crippen LogP) is 5.07. The van der Waals surface area contributed by atoms with Gasteiger partial charge in [-0.05, 0) is 29.7 Å². The highest BCUT2D eigenvalue weighted by Crippen LogP contribution is 2.31. The second kappa shape index (κ2) is 7.17. The highest BCUT2D eigenvalue weighted by Gasteiger charge is 2.16. The molecule has 0 bridgehead atoms. The van der Waals surface area contributed by atoms with Crippen molar-refractivity contribution in [2.24, 2.45) is 0 Å². The summed E-state index contributed by atoms with van der Waals surface area (Å²) in [7, 11) is 0. The van der Waals surface area contributed by atoms with Crippen LogP contribution in [0.15, 0.2) is 42.5 Å². The van der Waals surface area contributed by atoms with Gasteiger partial charge in [0.05, 0.1) is 16.1 Å². The van der Waals surface area contributed by atoms with Crippen LogP contribution in [-0.2, 0) is 11.2 Å². The second-order valence-corrected chi connectivity index (χ2v) is 5.95. The molecule has 0 spiro atoms. The van der Waals surface area contributed by atoms with Crippen molar-refractivity contribution in [3.63, 3.8) is 0 Å². The molecule has 2 rings (SSSR count). The topological polar surface area (TPSA) is 29.1 Å². The lowest BCUT2D eigenvalue weighted by atomic mass is 9.98. The summed E-state index contributed by atoms with van der Waals surface area (Å²) >= 11 is 18.2. The number of hydrogen-bond donors (Lipinski definition) is 1. The zero-order valence-corrected chi connectivity index (χ0v) is 13.6. The fraction of sp³-hybridized carbons (Fsp3) is 0.188. The molecule has 0 saturated carbocycles. The molecule has 0 radical (unpaired) electrons. The second-order valence-electron chi connectivity index (χ2n) is 4.73. The summed E-state index contributed by atoms with van der Waals surface area (Å²) in [4.78, 5) is 11.4. The van der Waals surface area contributed by atoms with Crippen LogP contribution in [0, 0.1) is 0 Å². The molecule has 0 aromatic heterocycles. The van der Waals surface area contributed by atoms with Gasteiger partial charge in [-0.1, -0.05) is 65.1 Å². The number of amides is 1. The highest BCUT2D eigenvalue weighted by molar-refractivity contribution is 6.43. The van der Waals surface area contributed by atoms with Crippen LogP contribution in [0.3, 0.4) is 0 Å². The summed E-state index contributed by atoms with van der Waals surface area (Å²) in [5.74, 6) is -0.0972. The van der Waals surface area contributed by atoms with Gasteiger partial charge < -0.3 is 5.32 Å². The molecular formula is C16H14Cl3NO. The third kappa shape index (κ3) is 4.37. The van der Waals surface area contributed by atoms with Gasteiger partial charge >= 0.3 is 0 Å². The molecule has 1 N–H and O–H groups in total. The Kier molecular flexibility index (Phi) is 5.51. The normalized spacial score (nSPS) is 12.0. The molecule has 21 heavy (non-hydrogen) atoms. The van der Waals surface area contributed by atoms with E-state index in [2.05, 4.69) is 5.32 Å². The van der Waals surface area contributed by atoms with Crippen molar-refractivity contribution < 1.29 is 4.79 Å². The monoisotopic (exact) mass is 341 g/mol. The average molecular weight is 343 g/mol. The van der Waals surface area contributed by atoms with E-state index in [0.717, 1.165) is 11.1 Å². The van der Waals surface area contributed by atoms with E-state index in [1.54, 1.807) is 12.1 Å². The van der Waals surface area contributed by atoms with Gasteiger partial charge in [0, 0.05) is 11.9 Å². The van der Waals surface area contributed by atoms with Crippen molar-refractivity contribution in [2.75, 3.05) is 0 Å². The van der Waals surface area contributed by atoms with Gasteiger partial charge in [-0.25, -0.2) is 0 Å². The van der Waals surface area contributed by atoms with Crippen molar-refractivity contribution >= 4 is 40.7 Å². The van der Waals surface area contributed by atoms with Crippen LogP contribution in [0.25, 0.3) is 0 Å². The summed E-state index contributed by atoms with van der Waals surface area (Å²) in [6.45, 7) is 1.49. The van der Waals surface area contributed by atoms with Crippen LogP contribution < -0.4 is 5.32 Å². The number of hydrogen-bond acceptors (Lipinski definition) is 1. The first-order valence-corrected chi connectivity index (χ1v) is 7.56. The number of rotatable bonds is 4. The quantitative estimate of drug-likeness (QED) is 0.772. The molecule has 1 atom stereocenters. The van der Waals surface area contributed by atoms with E-state index in [4.69, 9.17) is 34.8 Å². The summed E-state index contributed by atoms with van der Waals surface area (Å²) < 4.78 is 0. The summed E-state index contributed by atoms with van der Waals surface area (Å²) in [6.07, 6.45) is 0.541. The molecule has 0 aliphatic carbocycles. The Morgan fingerprint density at radius 3 is 2.29 bits per heavy atom. The van der Waals surface area contributed by atoms with E-state index in [-0.39, 0.29) is 11.9 Å². The third-order valence-corrected chi connectivity index (χ3v) is 4.17. The van der Waals surface area contributed by atoms with E-state index in [1.807, 2.05) is 30.3 Å². The fourth-order valence-electron chi connectivity index (χ4n) is 2.12. The lowest BCUT2D eigenvalue weighted by Crippen LogP contribution is -2.27. The smallest absolute Gasteiger partial charge is 0.217 e. The number of carbonyl (C=O) groups excluding carboxylic acids is 1. The van der Waals surface area contributed by atoms with Gasteiger partial charge in [0.2, 0.25) is 5.91 Å². The maximum atomic E-state index is 11.4. The minimum Gasteiger partial charge on any atom is -0.349 e. The van der Waals surface area contributed by atoms with Crippen LogP contribution in [0.2, 0.25) is 15.1 Å². The number of halogens is 3. The molecule has 0 aliphatic heterocycles. The van der Waals surface area contributed by atoms with Crippen molar-refractivity contribution in [3.8, 4) is 0 Å². The van der Waals surface area contributed by atoms with E-state index in [0.29, 0.717) is 21.5 Å². The van der Waals surface area contributed by atoms with Gasteiger partial charge in [0.1, 0.15) is 0 Å². The van der Waals surface area contributed by atoms with Crippen molar-refractivity contribution in [1.82, 2.24) is 5.32 Å². The molecule has 2 nitrogen and oxygen atoms in total. The van der Waals surface area contributed by atoms with Crippen molar-refractivity contribution in [1.29, 1.82) is 0 Å². The summed E-state index contributed by atoms with van der Waals surface area (Å²) in [5.41, 5.74) is 1.85. The van der Waals surface area contributed by atoms with Gasteiger partial charge in [0.15, 0.2) is 0 Å². The number of benzene rings is 2. The molecule has 0 fully saturated rings. The molecule has 0 heterocycles. The molecular weight excluding hydrogens is 329 g/mol. The fourth-order valence-corrected chi connectivity index (χ4v) is 2.77. The molecule has 0 aliphatic rings. The Morgan fingerprint density at radius 1 is 1.05 bits per heavy atom. The van der Waals surface area contributed by atoms with Gasteiger partial charge in [-0.3, -0.25) is 4.79 Å². The van der Waals surface area contributed by atoms with Crippen LogP contribution >= 0.6 is 34.8 Å². The Balaban J connectivity index is 2.31. The van der Waals surface area contributed by atoms with Crippen LogP contribution in [0.4, 0.5) is 0 Å². The Labute approximate surface area is 139 Å². The largest absolute Gasteiger partial charge is 0.349 e. The first-order chi connectivity index (χ1) is 9.97. The van der Waals surface area contributed by atoms with E-state index in [9.17, 15) is 4.79 Å². The maximum Gasteiger partial charge on any atom is 0.217 e. The zero-order chi connectivity index (χ0) is 15.4. The summed E-state index contributed by atoms with van der Waals surface area (Å²) in [5, 5.41) is 4.34. The van der Waals surface area contributed by atoms with Crippen LogP contribution in [-0.4, -0.2) is 5.91 Å². The molecule has 110 valence electrons. The Hall–Kier alpha value is -1.22. The lowest BCUT2D eigenvalue weighted by Gasteiger charge is -2.19. The molecule has 2 aromatic rings.